The molecule has 4 rings (SSSR count). The number of amides is 2. The standard InChI is InChI=1S/C22H23FN6O2/c1-3-19(30)29-8-6-28(7-9-29)18-13-25-21-20(27-18)16(12-24-21)22(31)26-11-15-5-4-14(2)17(23)10-15/h3-5,10,12-13H,1,6-9,11H2,2H3,(H,24,25)(H,26,31). The lowest BCUT2D eigenvalue weighted by Crippen LogP contribution is -2.48. The second kappa shape index (κ2) is 8.55. The van der Waals surface area contributed by atoms with Gasteiger partial charge in [-0.3, -0.25) is 9.59 Å². The molecule has 8 nitrogen and oxygen atoms in total. The van der Waals surface area contributed by atoms with E-state index in [4.69, 9.17) is 0 Å². The lowest BCUT2D eigenvalue weighted by molar-refractivity contribution is -0.126. The van der Waals surface area contributed by atoms with Gasteiger partial charge in [-0.2, -0.15) is 0 Å². The highest BCUT2D eigenvalue weighted by molar-refractivity contribution is 6.04. The average Bonchev–Trinajstić information content (AvgIpc) is 3.22. The van der Waals surface area contributed by atoms with E-state index < -0.39 is 0 Å². The summed E-state index contributed by atoms with van der Waals surface area (Å²) in [5.41, 5.74) is 2.59. The van der Waals surface area contributed by atoms with Gasteiger partial charge in [-0.05, 0) is 30.2 Å². The number of rotatable bonds is 5. The second-order valence-electron chi connectivity index (χ2n) is 7.41. The van der Waals surface area contributed by atoms with Gasteiger partial charge in [0.2, 0.25) is 5.91 Å². The zero-order valence-corrected chi connectivity index (χ0v) is 17.2. The van der Waals surface area contributed by atoms with Crippen LogP contribution in [0.1, 0.15) is 21.5 Å². The fourth-order valence-corrected chi connectivity index (χ4v) is 3.52. The molecule has 0 spiro atoms. The molecule has 0 saturated carbocycles. The first kappa shape index (κ1) is 20.5. The molecule has 1 aliphatic heterocycles. The van der Waals surface area contributed by atoms with E-state index in [2.05, 4.69) is 26.8 Å². The van der Waals surface area contributed by atoms with Crippen molar-refractivity contribution in [3.63, 3.8) is 0 Å². The largest absolute Gasteiger partial charge is 0.352 e. The molecule has 1 fully saturated rings. The van der Waals surface area contributed by atoms with Crippen molar-refractivity contribution >= 4 is 28.8 Å². The van der Waals surface area contributed by atoms with Crippen LogP contribution in [0.4, 0.5) is 10.2 Å². The SMILES string of the molecule is C=CC(=O)N1CCN(c2cnc3[nH]cc(C(=O)NCc4ccc(C)c(F)c4)c3n2)CC1. The average molecular weight is 422 g/mol. The van der Waals surface area contributed by atoms with Crippen LogP contribution in [0.5, 0.6) is 0 Å². The van der Waals surface area contributed by atoms with Crippen molar-refractivity contribution in [2.45, 2.75) is 13.5 Å². The topological polar surface area (TPSA) is 94.2 Å². The summed E-state index contributed by atoms with van der Waals surface area (Å²) in [6.45, 7) is 7.78. The first-order valence-electron chi connectivity index (χ1n) is 10.00. The van der Waals surface area contributed by atoms with Crippen molar-refractivity contribution in [1.82, 2.24) is 25.2 Å². The summed E-state index contributed by atoms with van der Waals surface area (Å²) in [5, 5.41) is 2.80. The van der Waals surface area contributed by atoms with E-state index in [0.717, 1.165) is 0 Å². The zero-order valence-electron chi connectivity index (χ0n) is 17.2. The molecule has 2 amide bonds. The molecule has 0 aliphatic carbocycles. The van der Waals surface area contributed by atoms with E-state index >= 15 is 0 Å². The Balaban J connectivity index is 1.48. The number of aromatic amines is 1. The Hall–Kier alpha value is -3.75. The van der Waals surface area contributed by atoms with Crippen LogP contribution in [0, 0.1) is 12.7 Å². The number of piperazine rings is 1. The minimum absolute atomic E-state index is 0.0840. The number of anilines is 1. The molecule has 2 N–H and O–H groups in total. The van der Waals surface area contributed by atoms with Crippen LogP contribution >= 0.6 is 0 Å². The maximum absolute atomic E-state index is 13.7. The molecule has 0 radical (unpaired) electrons. The number of hydrogen-bond donors (Lipinski definition) is 2. The van der Waals surface area contributed by atoms with E-state index in [1.165, 1.54) is 12.1 Å². The van der Waals surface area contributed by atoms with Crippen molar-refractivity contribution < 1.29 is 14.0 Å². The van der Waals surface area contributed by atoms with Crippen LogP contribution in [0.25, 0.3) is 11.2 Å². The molecule has 0 unspecified atom stereocenters. The number of aromatic nitrogens is 3. The third-order valence-electron chi connectivity index (χ3n) is 5.39. The maximum atomic E-state index is 13.7. The van der Waals surface area contributed by atoms with Gasteiger partial charge in [0.15, 0.2) is 5.65 Å². The number of nitrogens with one attached hydrogen (secondary N) is 2. The molecular formula is C22H23FN6O2. The van der Waals surface area contributed by atoms with E-state index in [-0.39, 0.29) is 24.2 Å². The smallest absolute Gasteiger partial charge is 0.255 e. The fourth-order valence-electron chi connectivity index (χ4n) is 3.52. The van der Waals surface area contributed by atoms with E-state index in [0.29, 0.717) is 59.9 Å². The fraction of sp³-hybridized carbons (Fsp3) is 0.273. The van der Waals surface area contributed by atoms with Gasteiger partial charge in [0.05, 0.1) is 11.8 Å². The van der Waals surface area contributed by atoms with E-state index in [9.17, 15) is 14.0 Å². The summed E-state index contributed by atoms with van der Waals surface area (Å²) in [5.74, 6) is -0.0592. The van der Waals surface area contributed by atoms with E-state index in [1.807, 2.05) is 4.90 Å². The van der Waals surface area contributed by atoms with Crippen molar-refractivity contribution in [2.24, 2.45) is 0 Å². The number of aryl methyl sites for hydroxylation is 1. The predicted molar refractivity (Wildman–Crippen MR) is 115 cm³/mol. The predicted octanol–water partition coefficient (Wildman–Crippen LogP) is 2.17. The molecule has 1 saturated heterocycles. The number of hydrogen-bond acceptors (Lipinski definition) is 5. The minimum atomic E-state index is -0.319. The van der Waals surface area contributed by atoms with Crippen LogP contribution < -0.4 is 10.2 Å². The van der Waals surface area contributed by atoms with Gasteiger partial charge in [0.25, 0.3) is 5.91 Å². The molecule has 0 bridgehead atoms. The second-order valence-corrected chi connectivity index (χ2v) is 7.41. The normalized spacial score (nSPS) is 14.0. The Morgan fingerprint density at radius 3 is 2.77 bits per heavy atom. The molecule has 1 aromatic carbocycles. The lowest BCUT2D eigenvalue weighted by Gasteiger charge is -2.34. The summed E-state index contributed by atoms with van der Waals surface area (Å²) >= 11 is 0. The molecule has 31 heavy (non-hydrogen) atoms. The number of carbonyl (C=O) groups is 2. The zero-order chi connectivity index (χ0) is 22.0. The summed E-state index contributed by atoms with van der Waals surface area (Å²) in [6, 6.07) is 4.88. The van der Waals surface area contributed by atoms with Gasteiger partial charge in [-0.15, -0.1) is 0 Å². The highest BCUT2D eigenvalue weighted by Crippen LogP contribution is 2.20. The third-order valence-corrected chi connectivity index (χ3v) is 5.39. The molecule has 2 aromatic heterocycles. The molecule has 3 aromatic rings. The van der Waals surface area contributed by atoms with Crippen LogP contribution in [-0.2, 0) is 11.3 Å². The highest BCUT2D eigenvalue weighted by atomic mass is 19.1. The van der Waals surface area contributed by atoms with Crippen LogP contribution in [-0.4, -0.2) is 57.8 Å². The van der Waals surface area contributed by atoms with E-state index in [1.54, 1.807) is 36.4 Å². The number of carbonyl (C=O) groups excluding carboxylic acids is 2. The van der Waals surface area contributed by atoms with Crippen molar-refractivity contribution in [2.75, 3.05) is 31.1 Å². The number of nitrogens with zero attached hydrogens (tertiary/aromatic N) is 4. The van der Waals surface area contributed by atoms with Gasteiger partial charge in [0, 0.05) is 38.9 Å². The van der Waals surface area contributed by atoms with Crippen LogP contribution in [0.3, 0.4) is 0 Å². The first-order valence-corrected chi connectivity index (χ1v) is 10.00. The third kappa shape index (κ3) is 4.25. The summed E-state index contributed by atoms with van der Waals surface area (Å²) in [6.07, 6.45) is 4.54. The van der Waals surface area contributed by atoms with Gasteiger partial charge < -0.3 is 20.1 Å². The molecule has 9 heteroatoms. The minimum Gasteiger partial charge on any atom is -0.352 e. The van der Waals surface area contributed by atoms with Crippen LogP contribution in [0.2, 0.25) is 0 Å². The molecule has 160 valence electrons. The summed E-state index contributed by atoms with van der Waals surface area (Å²) in [7, 11) is 0. The van der Waals surface area contributed by atoms with Crippen LogP contribution in [0.15, 0.2) is 43.2 Å². The lowest BCUT2D eigenvalue weighted by atomic mass is 10.1. The van der Waals surface area contributed by atoms with Gasteiger partial charge in [-0.1, -0.05) is 18.7 Å². The summed E-state index contributed by atoms with van der Waals surface area (Å²) < 4.78 is 13.7. The molecular weight excluding hydrogens is 399 g/mol. The monoisotopic (exact) mass is 422 g/mol. The quantitative estimate of drug-likeness (QED) is 0.615. The molecule has 1 aliphatic rings. The number of halogens is 1. The number of benzene rings is 1. The number of fused-ring (bicyclic) bond motifs is 1. The van der Waals surface area contributed by atoms with Gasteiger partial charge in [-0.25, -0.2) is 14.4 Å². The van der Waals surface area contributed by atoms with Gasteiger partial charge in [0.1, 0.15) is 17.2 Å². The highest BCUT2D eigenvalue weighted by Gasteiger charge is 2.22. The Kier molecular flexibility index (Phi) is 5.66. The Morgan fingerprint density at radius 1 is 1.29 bits per heavy atom. The summed E-state index contributed by atoms with van der Waals surface area (Å²) in [4.78, 5) is 40.2. The molecule has 0 atom stereocenters. The Labute approximate surface area is 178 Å². The maximum Gasteiger partial charge on any atom is 0.255 e. The first-order chi connectivity index (χ1) is 15.0. The van der Waals surface area contributed by atoms with Crippen molar-refractivity contribution in [3.8, 4) is 0 Å². The van der Waals surface area contributed by atoms with Crippen molar-refractivity contribution in [3.05, 3.63) is 65.8 Å². The molecule has 3 heterocycles. The Morgan fingerprint density at radius 2 is 2.06 bits per heavy atom. The number of H-pyrrole nitrogens is 1. The Bertz CT molecular complexity index is 1150. The van der Waals surface area contributed by atoms with Crippen molar-refractivity contribution in [1.29, 1.82) is 0 Å². The van der Waals surface area contributed by atoms with Gasteiger partial charge >= 0.3 is 0 Å².